The van der Waals surface area contributed by atoms with E-state index < -0.39 is 0 Å². The third-order valence-corrected chi connectivity index (χ3v) is 3.01. The van der Waals surface area contributed by atoms with Crippen LogP contribution in [0.15, 0.2) is 18.2 Å². The van der Waals surface area contributed by atoms with Gasteiger partial charge in [-0.1, -0.05) is 6.07 Å². The average Bonchev–Trinajstić information content (AvgIpc) is 2.75. The summed E-state index contributed by atoms with van der Waals surface area (Å²) in [5.41, 5.74) is 3.53. The molecule has 0 fully saturated rings. The number of amides is 2. The molecule has 17 heavy (non-hydrogen) atoms. The zero-order chi connectivity index (χ0) is 12.3. The summed E-state index contributed by atoms with van der Waals surface area (Å²) in [6, 6.07) is 5.53. The minimum Gasteiger partial charge on any atom is -0.394 e. The molecule has 0 aromatic heterocycles. The standard InChI is InChI=1S/C13H18N2O2/c1-9(8-16)14-13(17)15-12-6-5-10-3-2-4-11(10)7-12/h5-7,9,16H,2-4,8H2,1H3,(H2,14,15,17)/t9-/m0/s1. The molecule has 1 atom stereocenters. The Balaban J connectivity index is 1.97. The van der Waals surface area contributed by atoms with Crippen molar-refractivity contribution in [1.29, 1.82) is 0 Å². The van der Waals surface area contributed by atoms with Gasteiger partial charge in [-0.05, 0) is 49.4 Å². The van der Waals surface area contributed by atoms with Gasteiger partial charge in [0.15, 0.2) is 0 Å². The van der Waals surface area contributed by atoms with Crippen LogP contribution in [0.25, 0.3) is 0 Å². The number of aliphatic hydroxyl groups is 1. The molecule has 0 spiro atoms. The first kappa shape index (κ1) is 11.9. The first-order chi connectivity index (χ1) is 8.19. The van der Waals surface area contributed by atoms with E-state index in [0.29, 0.717) is 0 Å². The quantitative estimate of drug-likeness (QED) is 0.745. The van der Waals surface area contributed by atoms with Crippen LogP contribution in [0.4, 0.5) is 10.5 Å². The molecule has 0 saturated heterocycles. The third-order valence-electron chi connectivity index (χ3n) is 3.01. The number of hydrogen-bond acceptors (Lipinski definition) is 2. The molecule has 4 heteroatoms. The number of carbonyl (C=O) groups excluding carboxylic acids is 1. The van der Waals surface area contributed by atoms with Crippen LogP contribution >= 0.6 is 0 Å². The summed E-state index contributed by atoms with van der Waals surface area (Å²) >= 11 is 0. The van der Waals surface area contributed by atoms with Crippen LogP contribution in [-0.2, 0) is 12.8 Å². The molecule has 1 aromatic rings. The summed E-state index contributed by atoms with van der Waals surface area (Å²) < 4.78 is 0. The van der Waals surface area contributed by atoms with E-state index in [2.05, 4.69) is 16.7 Å². The van der Waals surface area contributed by atoms with Crippen molar-refractivity contribution in [2.24, 2.45) is 0 Å². The normalized spacial score (nSPS) is 15.2. The summed E-state index contributed by atoms with van der Waals surface area (Å²) in [6.45, 7) is 1.69. The van der Waals surface area contributed by atoms with Gasteiger partial charge in [-0.2, -0.15) is 0 Å². The van der Waals surface area contributed by atoms with Crippen molar-refractivity contribution in [3.05, 3.63) is 29.3 Å². The lowest BCUT2D eigenvalue weighted by atomic mass is 10.1. The molecule has 0 bridgehead atoms. The second kappa shape index (κ2) is 5.19. The van der Waals surface area contributed by atoms with Crippen LogP contribution in [0.1, 0.15) is 24.5 Å². The number of benzene rings is 1. The maximum Gasteiger partial charge on any atom is 0.319 e. The highest BCUT2D eigenvalue weighted by Crippen LogP contribution is 2.24. The minimum absolute atomic E-state index is 0.0579. The Morgan fingerprint density at radius 2 is 2.18 bits per heavy atom. The monoisotopic (exact) mass is 234 g/mol. The van der Waals surface area contributed by atoms with Gasteiger partial charge in [0.05, 0.1) is 12.6 Å². The number of fused-ring (bicyclic) bond motifs is 1. The molecule has 0 radical (unpaired) electrons. The van der Waals surface area contributed by atoms with Crippen LogP contribution in [0.5, 0.6) is 0 Å². The van der Waals surface area contributed by atoms with Gasteiger partial charge in [-0.3, -0.25) is 0 Å². The van der Waals surface area contributed by atoms with Crippen molar-refractivity contribution in [3.8, 4) is 0 Å². The second-order valence-corrected chi connectivity index (χ2v) is 4.52. The molecular formula is C13H18N2O2. The lowest BCUT2D eigenvalue weighted by Gasteiger charge is -2.12. The van der Waals surface area contributed by atoms with E-state index in [1.54, 1.807) is 6.92 Å². The minimum atomic E-state index is -0.274. The van der Waals surface area contributed by atoms with Gasteiger partial charge in [-0.15, -0.1) is 0 Å². The van der Waals surface area contributed by atoms with E-state index >= 15 is 0 Å². The largest absolute Gasteiger partial charge is 0.394 e. The molecule has 2 amide bonds. The SMILES string of the molecule is C[C@@H](CO)NC(=O)Nc1ccc2c(c1)CCC2. The predicted octanol–water partition coefficient (Wildman–Crippen LogP) is 1.68. The molecule has 4 nitrogen and oxygen atoms in total. The lowest BCUT2D eigenvalue weighted by Crippen LogP contribution is -2.38. The Morgan fingerprint density at radius 1 is 1.41 bits per heavy atom. The molecule has 0 unspecified atom stereocenters. The number of aliphatic hydroxyl groups excluding tert-OH is 1. The first-order valence-electron chi connectivity index (χ1n) is 5.99. The molecule has 3 N–H and O–H groups in total. The highest BCUT2D eigenvalue weighted by atomic mass is 16.3. The van der Waals surface area contributed by atoms with E-state index in [-0.39, 0.29) is 18.7 Å². The zero-order valence-corrected chi connectivity index (χ0v) is 9.99. The summed E-state index contributed by atoms with van der Waals surface area (Å²) in [6.07, 6.45) is 3.44. The second-order valence-electron chi connectivity index (χ2n) is 4.52. The van der Waals surface area contributed by atoms with E-state index in [9.17, 15) is 4.79 Å². The predicted molar refractivity (Wildman–Crippen MR) is 67.2 cm³/mol. The third kappa shape index (κ3) is 2.97. The molecule has 1 aromatic carbocycles. The number of carbonyl (C=O) groups is 1. The number of nitrogens with one attached hydrogen (secondary N) is 2. The van der Waals surface area contributed by atoms with Gasteiger partial charge in [0.25, 0.3) is 0 Å². The molecule has 0 aliphatic heterocycles. The number of anilines is 1. The van der Waals surface area contributed by atoms with Crippen LogP contribution in [0.2, 0.25) is 0 Å². The summed E-state index contributed by atoms with van der Waals surface area (Å²) in [5.74, 6) is 0. The van der Waals surface area contributed by atoms with Crippen molar-refractivity contribution in [3.63, 3.8) is 0 Å². The van der Waals surface area contributed by atoms with Crippen LogP contribution < -0.4 is 10.6 Å². The molecule has 92 valence electrons. The van der Waals surface area contributed by atoms with Gasteiger partial charge in [0.2, 0.25) is 0 Å². The first-order valence-corrected chi connectivity index (χ1v) is 5.99. The molecular weight excluding hydrogens is 216 g/mol. The molecule has 0 saturated carbocycles. The van der Waals surface area contributed by atoms with Crippen molar-refractivity contribution >= 4 is 11.7 Å². The average molecular weight is 234 g/mol. The maximum atomic E-state index is 11.5. The summed E-state index contributed by atoms with van der Waals surface area (Å²) in [5, 5.41) is 14.3. The number of urea groups is 1. The Bertz CT molecular complexity index is 418. The Hall–Kier alpha value is -1.55. The summed E-state index contributed by atoms with van der Waals surface area (Å²) in [4.78, 5) is 11.5. The van der Waals surface area contributed by atoms with Crippen molar-refractivity contribution in [2.75, 3.05) is 11.9 Å². The van der Waals surface area contributed by atoms with Gasteiger partial charge in [0.1, 0.15) is 0 Å². The van der Waals surface area contributed by atoms with Gasteiger partial charge in [-0.25, -0.2) is 4.79 Å². The molecule has 0 heterocycles. The topological polar surface area (TPSA) is 61.4 Å². The fourth-order valence-corrected chi connectivity index (χ4v) is 2.09. The molecule has 2 rings (SSSR count). The van der Waals surface area contributed by atoms with Crippen LogP contribution in [0, 0.1) is 0 Å². The van der Waals surface area contributed by atoms with Crippen LogP contribution in [-0.4, -0.2) is 23.8 Å². The van der Waals surface area contributed by atoms with Gasteiger partial charge < -0.3 is 15.7 Å². The molecule has 1 aliphatic rings. The highest BCUT2D eigenvalue weighted by molar-refractivity contribution is 5.89. The van der Waals surface area contributed by atoms with Crippen molar-refractivity contribution in [1.82, 2.24) is 5.32 Å². The number of rotatable bonds is 3. The number of hydrogen-bond donors (Lipinski definition) is 3. The fourth-order valence-electron chi connectivity index (χ4n) is 2.09. The Kier molecular flexibility index (Phi) is 3.64. The lowest BCUT2D eigenvalue weighted by molar-refractivity contribution is 0.229. The van der Waals surface area contributed by atoms with Gasteiger partial charge >= 0.3 is 6.03 Å². The smallest absolute Gasteiger partial charge is 0.319 e. The Labute approximate surface area is 101 Å². The maximum absolute atomic E-state index is 11.5. The van der Waals surface area contributed by atoms with Crippen LogP contribution in [0.3, 0.4) is 0 Å². The van der Waals surface area contributed by atoms with E-state index in [1.807, 2.05) is 12.1 Å². The summed E-state index contributed by atoms with van der Waals surface area (Å²) in [7, 11) is 0. The van der Waals surface area contributed by atoms with Crippen molar-refractivity contribution < 1.29 is 9.90 Å². The highest BCUT2D eigenvalue weighted by Gasteiger charge is 2.12. The van der Waals surface area contributed by atoms with E-state index in [0.717, 1.165) is 18.5 Å². The molecule has 1 aliphatic carbocycles. The zero-order valence-electron chi connectivity index (χ0n) is 9.99. The fraction of sp³-hybridized carbons (Fsp3) is 0.462. The van der Waals surface area contributed by atoms with Crippen molar-refractivity contribution in [2.45, 2.75) is 32.2 Å². The van der Waals surface area contributed by atoms with Gasteiger partial charge in [0, 0.05) is 5.69 Å². The number of aryl methyl sites for hydroxylation is 2. The van der Waals surface area contributed by atoms with E-state index in [4.69, 9.17) is 5.11 Å². The Morgan fingerprint density at radius 3 is 2.94 bits per heavy atom. The van der Waals surface area contributed by atoms with E-state index in [1.165, 1.54) is 17.5 Å².